The van der Waals surface area contributed by atoms with Gasteiger partial charge < -0.3 is 14.4 Å². The van der Waals surface area contributed by atoms with Gasteiger partial charge in [0.15, 0.2) is 0 Å². The van der Waals surface area contributed by atoms with Gasteiger partial charge in [0.1, 0.15) is 5.60 Å². The summed E-state index contributed by atoms with van der Waals surface area (Å²) in [5, 5.41) is 11.0. The first-order chi connectivity index (χ1) is 11.5. The lowest BCUT2D eigenvalue weighted by molar-refractivity contribution is 0.00578. The first-order valence-corrected chi connectivity index (χ1v) is 8.78. The van der Waals surface area contributed by atoms with E-state index in [-0.39, 0.29) is 18.3 Å². The van der Waals surface area contributed by atoms with Gasteiger partial charge in [-0.05, 0) is 58.1 Å². The minimum absolute atomic E-state index is 0.358. The largest absolute Gasteiger partial charge is 0.494 e. The second-order valence-corrected chi connectivity index (χ2v) is 8.15. The molecule has 2 aromatic rings. The highest BCUT2D eigenvalue weighted by molar-refractivity contribution is 6.62. The van der Waals surface area contributed by atoms with Crippen LogP contribution in [-0.4, -0.2) is 23.4 Å². The summed E-state index contributed by atoms with van der Waals surface area (Å²) in [7, 11) is -0.386. The molecule has 0 aromatic heterocycles. The van der Waals surface area contributed by atoms with Crippen molar-refractivity contribution in [2.24, 2.45) is 0 Å². The molecule has 132 valence electrons. The standard InChI is InChI=1S/C21H27BO3/c1-15-8-7-9-17(14-15)21(6,23)16-10-12-18(13-11-16)22-24-19(2,3)20(4,5)25-22/h7-14,23H,1-6H3/t21-/m1/s1. The topological polar surface area (TPSA) is 38.7 Å². The molecule has 1 atom stereocenters. The zero-order chi connectivity index (χ0) is 18.5. The first kappa shape index (κ1) is 18.2. The minimum Gasteiger partial charge on any atom is -0.399 e. The molecule has 0 saturated carbocycles. The van der Waals surface area contributed by atoms with Gasteiger partial charge in [0, 0.05) is 0 Å². The van der Waals surface area contributed by atoms with E-state index in [0.29, 0.717) is 0 Å². The summed E-state index contributed by atoms with van der Waals surface area (Å²) in [5.74, 6) is 0. The van der Waals surface area contributed by atoms with Gasteiger partial charge in [-0.2, -0.15) is 0 Å². The van der Waals surface area contributed by atoms with Crippen molar-refractivity contribution in [3.05, 3.63) is 65.2 Å². The maximum Gasteiger partial charge on any atom is 0.494 e. The molecule has 1 saturated heterocycles. The molecule has 4 heteroatoms. The third-order valence-corrected chi connectivity index (χ3v) is 5.58. The number of benzene rings is 2. The van der Waals surface area contributed by atoms with Gasteiger partial charge in [-0.1, -0.05) is 54.1 Å². The highest BCUT2D eigenvalue weighted by atomic mass is 16.7. The van der Waals surface area contributed by atoms with Crippen LogP contribution in [0.5, 0.6) is 0 Å². The predicted molar refractivity (Wildman–Crippen MR) is 102 cm³/mol. The van der Waals surface area contributed by atoms with Crippen LogP contribution in [0.1, 0.15) is 51.3 Å². The molecule has 3 nitrogen and oxygen atoms in total. The quantitative estimate of drug-likeness (QED) is 0.870. The van der Waals surface area contributed by atoms with Crippen LogP contribution in [0, 0.1) is 6.92 Å². The lowest BCUT2D eigenvalue weighted by atomic mass is 9.77. The lowest BCUT2D eigenvalue weighted by Gasteiger charge is -2.32. The molecule has 1 fully saturated rings. The van der Waals surface area contributed by atoms with Crippen molar-refractivity contribution in [1.29, 1.82) is 0 Å². The number of aliphatic hydroxyl groups is 1. The second kappa shape index (κ2) is 5.98. The Morgan fingerprint density at radius 3 is 1.96 bits per heavy atom. The Hall–Kier alpha value is -1.62. The van der Waals surface area contributed by atoms with E-state index < -0.39 is 5.60 Å². The molecule has 0 amide bonds. The van der Waals surface area contributed by atoms with E-state index in [1.165, 1.54) is 0 Å². The number of rotatable bonds is 3. The van der Waals surface area contributed by atoms with Crippen molar-refractivity contribution in [1.82, 2.24) is 0 Å². The van der Waals surface area contributed by atoms with Gasteiger partial charge in [0.25, 0.3) is 0 Å². The van der Waals surface area contributed by atoms with Crippen molar-refractivity contribution < 1.29 is 14.4 Å². The maximum atomic E-state index is 11.0. The Balaban J connectivity index is 1.86. The van der Waals surface area contributed by atoms with Gasteiger partial charge in [-0.15, -0.1) is 0 Å². The number of hydrogen-bond donors (Lipinski definition) is 1. The fourth-order valence-corrected chi connectivity index (χ4v) is 3.06. The van der Waals surface area contributed by atoms with Gasteiger partial charge in [0.2, 0.25) is 0 Å². The Kier molecular flexibility index (Phi) is 4.35. The maximum absolute atomic E-state index is 11.0. The molecule has 1 heterocycles. The summed E-state index contributed by atoms with van der Waals surface area (Å²) >= 11 is 0. The van der Waals surface area contributed by atoms with E-state index in [9.17, 15) is 5.11 Å². The average molecular weight is 338 g/mol. The molecule has 1 aliphatic heterocycles. The zero-order valence-electron chi connectivity index (χ0n) is 16.0. The molecule has 1 N–H and O–H groups in total. The first-order valence-electron chi connectivity index (χ1n) is 8.78. The summed E-state index contributed by atoms with van der Waals surface area (Å²) in [5.41, 5.74) is 2.07. The molecule has 0 spiro atoms. The van der Waals surface area contributed by atoms with Gasteiger partial charge >= 0.3 is 7.12 Å². The molecule has 0 aliphatic carbocycles. The van der Waals surface area contributed by atoms with E-state index >= 15 is 0 Å². The number of hydrogen-bond acceptors (Lipinski definition) is 3. The Morgan fingerprint density at radius 1 is 0.880 bits per heavy atom. The normalized spacial score (nSPS) is 21.2. The molecular formula is C21H27BO3. The van der Waals surface area contributed by atoms with E-state index in [4.69, 9.17) is 9.31 Å². The van der Waals surface area contributed by atoms with Gasteiger partial charge in [-0.25, -0.2) is 0 Å². The van der Waals surface area contributed by atoms with Crippen molar-refractivity contribution in [3.63, 3.8) is 0 Å². The fraction of sp³-hybridized carbons (Fsp3) is 0.429. The highest BCUT2D eigenvalue weighted by Gasteiger charge is 2.51. The van der Waals surface area contributed by atoms with Crippen molar-refractivity contribution in [3.8, 4) is 0 Å². The molecular weight excluding hydrogens is 311 g/mol. The summed E-state index contributed by atoms with van der Waals surface area (Å²) < 4.78 is 12.2. The predicted octanol–water partition coefficient (Wildman–Crippen LogP) is 3.55. The Bertz CT molecular complexity index is 747. The summed E-state index contributed by atoms with van der Waals surface area (Å²) in [6, 6.07) is 15.8. The van der Waals surface area contributed by atoms with Crippen LogP contribution in [0.15, 0.2) is 48.5 Å². The van der Waals surface area contributed by atoms with Crippen LogP contribution < -0.4 is 5.46 Å². The van der Waals surface area contributed by atoms with Crippen LogP contribution in [0.2, 0.25) is 0 Å². The molecule has 3 rings (SSSR count). The molecule has 0 bridgehead atoms. The second-order valence-electron chi connectivity index (χ2n) is 8.15. The van der Waals surface area contributed by atoms with Crippen molar-refractivity contribution >= 4 is 12.6 Å². The zero-order valence-corrected chi connectivity index (χ0v) is 16.0. The molecule has 0 unspecified atom stereocenters. The molecule has 1 aliphatic rings. The summed E-state index contributed by atoms with van der Waals surface area (Å²) in [4.78, 5) is 0. The van der Waals surface area contributed by atoms with Crippen LogP contribution in [-0.2, 0) is 14.9 Å². The fourth-order valence-electron chi connectivity index (χ4n) is 3.06. The van der Waals surface area contributed by atoms with Crippen molar-refractivity contribution in [2.45, 2.75) is 58.3 Å². The smallest absolute Gasteiger partial charge is 0.399 e. The molecule has 2 aromatic carbocycles. The van der Waals surface area contributed by atoms with E-state index in [1.807, 2.05) is 90.1 Å². The van der Waals surface area contributed by atoms with Crippen LogP contribution >= 0.6 is 0 Å². The highest BCUT2D eigenvalue weighted by Crippen LogP contribution is 2.36. The minimum atomic E-state index is -1.04. The third-order valence-electron chi connectivity index (χ3n) is 5.58. The van der Waals surface area contributed by atoms with E-state index in [2.05, 4.69) is 0 Å². The van der Waals surface area contributed by atoms with Crippen LogP contribution in [0.25, 0.3) is 0 Å². The average Bonchev–Trinajstić information content (AvgIpc) is 2.75. The lowest BCUT2D eigenvalue weighted by Crippen LogP contribution is -2.41. The SMILES string of the molecule is Cc1cccc([C@](C)(O)c2ccc(B3OC(C)(C)C(C)(C)O3)cc2)c1. The Morgan fingerprint density at radius 2 is 1.44 bits per heavy atom. The summed E-state index contributed by atoms with van der Waals surface area (Å²) in [6.45, 7) is 12.0. The van der Waals surface area contributed by atoms with Crippen molar-refractivity contribution in [2.75, 3.05) is 0 Å². The van der Waals surface area contributed by atoms with Crippen LogP contribution in [0.3, 0.4) is 0 Å². The monoisotopic (exact) mass is 338 g/mol. The Labute approximate surface area is 151 Å². The molecule has 25 heavy (non-hydrogen) atoms. The van der Waals surface area contributed by atoms with Gasteiger partial charge in [0.05, 0.1) is 11.2 Å². The van der Waals surface area contributed by atoms with Crippen LogP contribution in [0.4, 0.5) is 0 Å². The van der Waals surface area contributed by atoms with E-state index in [1.54, 1.807) is 0 Å². The third kappa shape index (κ3) is 3.26. The molecule has 0 radical (unpaired) electrons. The van der Waals surface area contributed by atoms with E-state index in [0.717, 1.165) is 22.2 Å². The van der Waals surface area contributed by atoms with Gasteiger partial charge in [-0.3, -0.25) is 0 Å². The summed E-state index contributed by atoms with van der Waals surface area (Å²) in [6.07, 6.45) is 0. The number of aryl methyl sites for hydroxylation is 1.